The van der Waals surface area contributed by atoms with Gasteiger partial charge >= 0.3 is 5.97 Å². The number of thiophene rings is 1. The third-order valence-corrected chi connectivity index (χ3v) is 4.53. The maximum atomic E-state index is 12.7. The summed E-state index contributed by atoms with van der Waals surface area (Å²) in [6.45, 7) is 2.02. The van der Waals surface area contributed by atoms with Crippen molar-refractivity contribution in [3.63, 3.8) is 0 Å². The molecule has 0 spiro atoms. The van der Waals surface area contributed by atoms with Gasteiger partial charge < -0.3 is 14.8 Å². The van der Waals surface area contributed by atoms with E-state index < -0.39 is 5.97 Å². The first kappa shape index (κ1) is 17.0. The number of hydrogen-bond acceptors (Lipinski definition) is 5. The lowest BCUT2D eigenvalue weighted by Crippen LogP contribution is -2.15. The third kappa shape index (κ3) is 3.49. The minimum atomic E-state index is -0.454. The molecule has 2 aromatic carbocycles. The Morgan fingerprint density at radius 2 is 1.80 bits per heavy atom. The molecule has 0 bridgehead atoms. The molecule has 0 saturated heterocycles. The van der Waals surface area contributed by atoms with Crippen LogP contribution in [0.5, 0.6) is 5.75 Å². The van der Waals surface area contributed by atoms with Crippen LogP contribution in [-0.4, -0.2) is 25.6 Å². The average molecular weight is 355 g/mol. The average Bonchev–Trinajstić information content (AvgIpc) is 3.08. The predicted octanol–water partition coefficient (Wildman–Crippen LogP) is 4.34. The van der Waals surface area contributed by atoms with Crippen LogP contribution in [-0.2, 0) is 4.74 Å². The van der Waals surface area contributed by atoms with Gasteiger partial charge in [-0.2, -0.15) is 0 Å². The number of methoxy groups -OCH3 is 1. The van der Waals surface area contributed by atoms with Crippen LogP contribution < -0.4 is 10.1 Å². The van der Waals surface area contributed by atoms with Crippen LogP contribution in [0.2, 0.25) is 0 Å². The van der Waals surface area contributed by atoms with Crippen LogP contribution >= 0.6 is 11.3 Å². The number of carbonyl (C=O) groups is 2. The second kappa shape index (κ2) is 7.36. The number of ether oxygens (including phenoxy) is 2. The molecule has 3 aromatic rings. The topological polar surface area (TPSA) is 64.6 Å². The summed E-state index contributed by atoms with van der Waals surface area (Å²) in [4.78, 5) is 24.7. The molecule has 0 unspecified atom stereocenters. The first-order valence-electron chi connectivity index (χ1n) is 7.76. The van der Waals surface area contributed by atoms with Gasteiger partial charge in [-0.3, -0.25) is 4.79 Å². The maximum absolute atomic E-state index is 12.7. The molecule has 1 aromatic heterocycles. The Morgan fingerprint density at radius 1 is 1.08 bits per heavy atom. The van der Waals surface area contributed by atoms with E-state index in [1.807, 2.05) is 30.3 Å². The van der Waals surface area contributed by atoms with Gasteiger partial charge in [0.25, 0.3) is 5.91 Å². The quantitative estimate of drug-likeness (QED) is 0.692. The molecule has 0 aliphatic carbocycles. The van der Waals surface area contributed by atoms with E-state index in [2.05, 4.69) is 5.32 Å². The summed E-state index contributed by atoms with van der Waals surface area (Å²) in [6, 6.07) is 13.0. The summed E-state index contributed by atoms with van der Waals surface area (Å²) in [5, 5.41) is 6.90. The van der Waals surface area contributed by atoms with Gasteiger partial charge in [-0.15, -0.1) is 11.3 Å². The minimum absolute atomic E-state index is 0.278. The molecule has 3 rings (SSSR count). The van der Waals surface area contributed by atoms with Gasteiger partial charge in [0.2, 0.25) is 0 Å². The monoisotopic (exact) mass is 355 g/mol. The number of nitrogens with one attached hydrogen (secondary N) is 1. The molecule has 0 atom stereocenters. The lowest BCUT2D eigenvalue weighted by atomic mass is 10.1. The van der Waals surface area contributed by atoms with Crippen molar-refractivity contribution in [3.05, 3.63) is 59.0 Å². The number of fused-ring (bicyclic) bond motifs is 1. The number of rotatable bonds is 5. The van der Waals surface area contributed by atoms with E-state index in [-0.39, 0.29) is 12.5 Å². The second-order valence-electron chi connectivity index (χ2n) is 5.24. The minimum Gasteiger partial charge on any atom is -0.496 e. The number of anilines is 1. The zero-order chi connectivity index (χ0) is 17.8. The summed E-state index contributed by atoms with van der Waals surface area (Å²) in [6.07, 6.45) is 0. The van der Waals surface area contributed by atoms with Gasteiger partial charge in [-0.25, -0.2) is 4.79 Å². The Morgan fingerprint density at radius 3 is 2.48 bits per heavy atom. The fourth-order valence-corrected chi connectivity index (χ4v) is 3.28. The highest BCUT2D eigenvalue weighted by Crippen LogP contribution is 2.29. The van der Waals surface area contributed by atoms with Gasteiger partial charge in [-0.05, 0) is 41.3 Å². The highest BCUT2D eigenvalue weighted by atomic mass is 32.1. The van der Waals surface area contributed by atoms with Gasteiger partial charge in [-0.1, -0.05) is 24.3 Å². The molecule has 25 heavy (non-hydrogen) atoms. The van der Waals surface area contributed by atoms with Crippen molar-refractivity contribution in [1.82, 2.24) is 0 Å². The summed E-state index contributed by atoms with van der Waals surface area (Å²) in [5.74, 6) is -0.314. The molecule has 1 amide bonds. The van der Waals surface area contributed by atoms with E-state index in [4.69, 9.17) is 9.47 Å². The molecule has 0 aliphatic rings. The highest BCUT2D eigenvalue weighted by molar-refractivity contribution is 7.14. The Hall–Kier alpha value is -2.86. The Kier molecular flexibility index (Phi) is 5.00. The summed E-state index contributed by atoms with van der Waals surface area (Å²) >= 11 is 1.27. The van der Waals surface area contributed by atoms with Crippen LogP contribution in [0.15, 0.2) is 47.8 Å². The van der Waals surface area contributed by atoms with E-state index in [1.165, 1.54) is 18.4 Å². The fourth-order valence-electron chi connectivity index (χ4n) is 2.51. The van der Waals surface area contributed by atoms with E-state index in [0.29, 0.717) is 21.9 Å². The van der Waals surface area contributed by atoms with E-state index in [0.717, 1.165) is 10.8 Å². The molecule has 0 aliphatic heterocycles. The van der Waals surface area contributed by atoms with Crippen molar-refractivity contribution in [2.45, 2.75) is 6.92 Å². The number of carbonyl (C=O) groups excluding carboxylic acids is 2. The summed E-state index contributed by atoms with van der Waals surface area (Å²) in [5.41, 5.74) is 0.754. The number of amides is 1. The van der Waals surface area contributed by atoms with Gasteiger partial charge in [0.05, 0.1) is 24.8 Å². The van der Waals surface area contributed by atoms with Gasteiger partial charge in [0.1, 0.15) is 10.8 Å². The number of esters is 1. The van der Waals surface area contributed by atoms with E-state index >= 15 is 0 Å². The normalized spacial score (nSPS) is 10.5. The molecule has 1 heterocycles. The summed E-state index contributed by atoms with van der Waals surface area (Å²) in [7, 11) is 1.52. The first-order chi connectivity index (χ1) is 12.1. The second-order valence-corrected chi connectivity index (χ2v) is 6.15. The van der Waals surface area contributed by atoms with Crippen molar-refractivity contribution in [2.75, 3.05) is 19.0 Å². The van der Waals surface area contributed by atoms with Crippen molar-refractivity contribution < 1.29 is 19.1 Å². The van der Waals surface area contributed by atoms with Crippen molar-refractivity contribution in [2.24, 2.45) is 0 Å². The summed E-state index contributed by atoms with van der Waals surface area (Å²) < 4.78 is 10.4. The lowest BCUT2D eigenvalue weighted by molar-refractivity contribution is 0.0528. The molecule has 128 valence electrons. The van der Waals surface area contributed by atoms with Crippen LogP contribution in [0.25, 0.3) is 10.8 Å². The first-order valence-corrected chi connectivity index (χ1v) is 8.64. The molecule has 0 saturated carbocycles. The van der Waals surface area contributed by atoms with Crippen molar-refractivity contribution in [3.8, 4) is 5.75 Å². The molecule has 6 heteroatoms. The Labute approximate surface area is 149 Å². The fraction of sp³-hybridized carbons (Fsp3) is 0.158. The SMILES string of the molecule is CCOC(=O)c1ccsc1NC(=O)c1cc2ccccc2cc1OC. The van der Waals surface area contributed by atoms with Crippen molar-refractivity contribution >= 4 is 39.0 Å². The smallest absolute Gasteiger partial charge is 0.341 e. The molecule has 0 fully saturated rings. The molecular formula is C19H17NO4S. The van der Waals surface area contributed by atoms with Gasteiger partial charge in [0.15, 0.2) is 0 Å². The van der Waals surface area contributed by atoms with E-state index in [1.54, 1.807) is 24.4 Å². The van der Waals surface area contributed by atoms with Crippen LogP contribution in [0.3, 0.4) is 0 Å². The number of benzene rings is 2. The lowest BCUT2D eigenvalue weighted by Gasteiger charge is -2.11. The Bertz CT molecular complexity index is 932. The van der Waals surface area contributed by atoms with E-state index in [9.17, 15) is 9.59 Å². The number of hydrogen-bond donors (Lipinski definition) is 1. The zero-order valence-corrected chi connectivity index (χ0v) is 14.7. The van der Waals surface area contributed by atoms with Crippen molar-refractivity contribution in [1.29, 1.82) is 0 Å². The van der Waals surface area contributed by atoms with Crippen LogP contribution in [0.4, 0.5) is 5.00 Å². The molecule has 1 N–H and O–H groups in total. The largest absolute Gasteiger partial charge is 0.496 e. The Balaban J connectivity index is 1.93. The maximum Gasteiger partial charge on any atom is 0.341 e. The highest BCUT2D eigenvalue weighted by Gasteiger charge is 2.19. The third-order valence-electron chi connectivity index (χ3n) is 3.70. The predicted molar refractivity (Wildman–Crippen MR) is 98.7 cm³/mol. The van der Waals surface area contributed by atoms with Crippen LogP contribution in [0, 0.1) is 0 Å². The molecular weight excluding hydrogens is 338 g/mol. The van der Waals surface area contributed by atoms with Crippen LogP contribution in [0.1, 0.15) is 27.6 Å². The molecule has 5 nitrogen and oxygen atoms in total. The van der Waals surface area contributed by atoms with Gasteiger partial charge in [0, 0.05) is 0 Å². The molecule has 0 radical (unpaired) electrons. The zero-order valence-electron chi connectivity index (χ0n) is 13.9. The standard InChI is InChI=1S/C19H17NO4S/c1-3-24-19(22)14-8-9-25-18(14)20-17(21)15-10-12-6-4-5-7-13(12)11-16(15)23-2/h4-11H,3H2,1-2H3,(H,20,21).